The highest BCUT2D eigenvalue weighted by Gasteiger charge is 2.21. The Kier molecular flexibility index (Phi) is 5.14. The number of rotatable bonds is 6. The zero-order valence-electron chi connectivity index (χ0n) is 10.8. The molecule has 2 heterocycles. The van der Waals surface area contributed by atoms with E-state index in [4.69, 9.17) is 0 Å². The Hall–Kier alpha value is -0.960. The predicted octanol–water partition coefficient (Wildman–Crippen LogP) is 2.82. The number of pyridine rings is 1. The Balaban J connectivity index is 2.23. The maximum Gasteiger partial charge on any atom is 0.263 e. The quantitative estimate of drug-likeness (QED) is 0.814. The molecule has 0 aliphatic carbocycles. The highest BCUT2D eigenvalue weighted by molar-refractivity contribution is 9.11. The molecule has 0 unspecified atom stereocenters. The molecule has 0 saturated carbocycles. The van der Waals surface area contributed by atoms with Crippen LogP contribution in [0.4, 0.5) is 5.69 Å². The number of nitrogens with one attached hydrogen (secondary N) is 2. The molecular weight excluding hydrogens is 362 g/mol. The van der Waals surface area contributed by atoms with E-state index in [1.54, 1.807) is 24.4 Å². The van der Waals surface area contributed by atoms with Crippen molar-refractivity contribution in [2.24, 2.45) is 0 Å². The SMILES string of the molecule is CCNCc1cc(S(=O)(=O)Nc2cccnc2)c(Br)s1. The van der Waals surface area contributed by atoms with Gasteiger partial charge in [0.1, 0.15) is 4.90 Å². The van der Waals surface area contributed by atoms with Gasteiger partial charge in [0.2, 0.25) is 0 Å². The van der Waals surface area contributed by atoms with Crippen molar-refractivity contribution >= 4 is 43.0 Å². The molecule has 0 spiro atoms. The number of halogens is 1. The smallest absolute Gasteiger partial charge is 0.263 e. The van der Waals surface area contributed by atoms with Crippen molar-refractivity contribution in [2.45, 2.75) is 18.4 Å². The Morgan fingerprint density at radius 2 is 2.25 bits per heavy atom. The fourth-order valence-corrected chi connectivity index (χ4v) is 5.25. The molecular formula is C12H14BrN3O2S2. The van der Waals surface area contributed by atoms with E-state index in [2.05, 4.69) is 31.0 Å². The van der Waals surface area contributed by atoms with E-state index in [1.807, 2.05) is 6.92 Å². The fourth-order valence-electron chi connectivity index (χ4n) is 1.55. The number of thiophene rings is 1. The van der Waals surface area contributed by atoms with Crippen LogP contribution in [0.25, 0.3) is 0 Å². The summed E-state index contributed by atoms with van der Waals surface area (Å²) in [5, 5.41) is 3.17. The minimum atomic E-state index is -3.60. The average Bonchev–Trinajstić information content (AvgIpc) is 2.79. The van der Waals surface area contributed by atoms with Crippen LogP contribution in [-0.2, 0) is 16.6 Å². The molecule has 0 aliphatic rings. The average molecular weight is 376 g/mol. The van der Waals surface area contributed by atoms with Crippen LogP contribution in [0.3, 0.4) is 0 Å². The van der Waals surface area contributed by atoms with Crippen molar-refractivity contribution in [3.05, 3.63) is 39.3 Å². The van der Waals surface area contributed by atoms with Crippen molar-refractivity contribution in [1.29, 1.82) is 0 Å². The molecule has 0 atom stereocenters. The summed E-state index contributed by atoms with van der Waals surface area (Å²) < 4.78 is 27.8. The Bertz CT molecular complexity index is 671. The number of anilines is 1. The van der Waals surface area contributed by atoms with Gasteiger partial charge in [-0.25, -0.2) is 8.42 Å². The van der Waals surface area contributed by atoms with Crippen molar-refractivity contribution in [3.8, 4) is 0 Å². The van der Waals surface area contributed by atoms with Gasteiger partial charge in [0, 0.05) is 17.6 Å². The molecule has 0 radical (unpaired) electrons. The summed E-state index contributed by atoms with van der Waals surface area (Å²) in [6, 6.07) is 5.01. The number of hydrogen-bond donors (Lipinski definition) is 2. The van der Waals surface area contributed by atoms with Gasteiger partial charge in [-0.15, -0.1) is 11.3 Å². The Labute approximate surface area is 130 Å². The molecule has 2 rings (SSSR count). The first kappa shape index (κ1) is 15.4. The highest BCUT2D eigenvalue weighted by Crippen LogP contribution is 2.32. The van der Waals surface area contributed by atoms with Crippen LogP contribution in [0.2, 0.25) is 0 Å². The van der Waals surface area contributed by atoms with Crippen LogP contribution < -0.4 is 10.0 Å². The number of aromatic nitrogens is 1. The first-order valence-corrected chi connectivity index (χ1v) is 9.04. The van der Waals surface area contributed by atoms with Gasteiger partial charge < -0.3 is 5.32 Å². The Morgan fingerprint density at radius 3 is 2.90 bits per heavy atom. The zero-order chi connectivity index (χ0) is 14.6. The van der Waals surface area contributed by atoms with E-state index in [1.165, 1.54) is 17.5 Å². The zero-order valence-corrected chi connectivity index (χ0v) is 14.0. The van der Waals surface area contributed by atoms with Gasteiger partial charge in [0.05, 0.1) is 15.7 Å². The molecule has 2 aromatic rings. The molecule has 2 N–H and O–H groups in total. The molecule has 5 nitrogen and oxygen atoms in total. The van der Waals surface area contributed by atoms with E-state index in [-0.39, 0.29) is 4.90 Å². The molecule has 0 aliphatic heterocycles. The van der Waals surface area contributed by atoms with Crippen molar-refractivity contribution in [3.63, 3.8) is 0 Å². The normalized spacial score (nSPS) is 11.5. The third-order valence-corrected chi connectivity index (χ3v) is 6.09. The van der Waals surface area contributed by atoms with Crippen LogP contribution in [0, 0.1) is 0 Å². The lowest BCUT2D eigenvalue weighted by Crippen LogP contribution is -2.13. The molecule has 108 valence electrons. The van der Waals surface area contributed by atoms with Crippen LogP contribution in [0.1, 0.15) is 11.8 Å². The van der Waals surface area contributed by atoms with E-state index in [0.717, 1.165) is 11.4 Å². The molecule has 8 heteroatoms. The van der Waals surface area contributed by atoms with Gasteiger partial charge in [-0.1, -0.05) is 6.92 Å². The van der Waals surface area contributed by atoms with Crippen LogP contribution in [0.15, 0.2) is 39.3 Å². The first-order valence-electron chi connectivity index (χ1n) is 5.94. The van der Waals surface area contributed by atoms with Crippen molar-refractivity contribution < 1.29 is 8.42 Å². The van der Waals surface area contributed by atoms with Gasteiger partial charge in [-0.05, 0) is 40.7 Å². The number of hydrogen-bond acceptors (Lipinski definition) is 5. The summed E-state index contributed by atoms with van der Waals surface area (Å²) in [4.78, 5) is 5.10. The second-order valence-electron chi connectivity index (χ2n) is 3.98. The lowest BCUT2D eigenvalue weighted by atomic mass is 10.4. The molecule has 20 heavy (non-hydrogen) atoms. The third kappa shape index (κ3) is 3.78. The van der Waals surface area contributed by atoms with Crippen LogP contribution in [-0.4, -0.2) is 19.9 Å². The summed E-state index contributed by atoms with van der Waals surface area (Å²) in [6.45, 7) is 3.50. The van der Waals surface area contributed by atoms with E-state index in [0.29, 0.717) is 16.0 Å². The van der Waals surface area contributed by atoms with Crippen molar-refractivity contribution in [2.75, 3.05) is 11.3 Å². The maximum absolute atomic E-state index is 12.3. The summed E-state index contributed by atoms with van der Waals surface area (Å²) in [5.74, 6) is 0. The lowest BCUT2D eigenvalue weighted by Gasteiger charge is -2.06. The maximum atomic E-state index is 12.3. The van der Waals surface area contributed by atoms with E-state index in [9.17, 15) is 8.42 Å². The number of sulfonamides is 1. The summed E-state index contributed by atoms with van der Waals surface area (Å²) in [7, 11) is -3.60. The lowest BCUT2D eigenvalue weighted by molar-refractivity contribution is 0.601. The van der Waals surface area contributed by atoms with Crippen LogP contribution in [0.5, 0.6) is 0 Å². The monoisotopic (exact) mass is 375 g/mol. The van der Waals surface area contributed by atoms with Gasteiger partial charge in [-0.2, -0.15) is 0 Å². The minimum Gasteiger partial charge on any atom is -0.312 e. The summed E-state index contributed by atoms with van der Waals surface area (Å²) in [5.41, 5.74) is 0.443. The highest BCUT2D eigenvalue weighted by atomic mass is 79.9. The topological polar surface area (TPSA) is 71.1 Å². The Morgan fingerprint density at radius 1 is 1.45 bits per heavy atom. The number of nitrogens with zero attached hydrogens (tertiary/aromatic N) is 1. The first-order chi connectivity index (χ1) is 9.53. The van der Waals surface area contributed by atoms with Gasteiger partial charge >= 0.3 is 0 Å². The van der Waals surface area contributed by atoms with Crippen LogP contribution >= 0.6 is 27.3 Å². The molecule has 2 aromatic heterocycles. The molecule has 0 fully saturated rings. The second-order valence-corrected chi connectivity index (χ2v) is 8.08. The van der Waals surface area contributed by atoms with Gasteiger partial charge in [0.25, 0.3) is 10.0 Å². The standard InChI is InChI=1S/C12H14BrN3O2S2/c1-2-14-8-10-6-11(12(13)19-10)20(17,18)16-9-4-3-5-15-7-9/h3-7,14,16H,2,8H2,1H3. The minimum absolute atomic E-state index is 0.249. The van der Waals surface area contributed by atoms with E-state index < -0.39 is 10.0 Å². The van der Waals surface area contributed by atoms with Crippen molar-refractivity contribution in [1.82, 2.24) is 10.3 Å². The largest absolute Gasteiger partial charge is 0.312 e. The molecule has 0 bridgehead atoms. The molecule has 0 saturated heterocycles. The predicted molar refractivity (Wildman–Crippen MR) is 84.4 cm³/mol. The van der Waals surface area contributed by atoms with Gasteiger partial charge in [-0.3, -0.25) is 9.71 Å². The third-order valence-electron chi connectivity index (χ3n) is 2.46. The summed E-state index contributed by atoms with van der Waals surface area (Å²) in [6.07, 6.45) is 3.06. The fraction of sp³-hybridized carbons (Fsp3) is 0.250. The summed E-state index contributed by atoms with van der Waals surface area (Å²) >= 11 is 4.73. The second kappa shape index (κ2) is 6.66. The van der Waals surface area contributed by atoms with Gasteiger partial charge in [0.15, 0.2) is 0 Å². The molecule has 0 amide bonds. The van der Waals surface area contributed by atoms with E-state index >= 15 is 0 Å². The molecule has 0 aromatic carbocycles.